The summed E-state index contributed by atoms with van der Waals surface area (Å²) in [4.78, 5) is 16.8. The Morgan fingerprint density at radius 3 is 2.71 bits per heavy atom. The molecular weight excluding hydrogens is 304 g/mol. The van der Waals surface area contributed by atoms with E-state index in [0.29, 0.717) is 19.1 Å². The molecule has 0 aromatic heterocycles. The summed E-state index contributed by atoms with van der Waals surface area (Å²) in [5, 5.41) is 10.2. The van der Waals surface area contributed by atoms with Crippen LogP contribution in [0.1, 0.15) is 31.2 Å². The van der Waals surface area contributed by atoms with Gasteiger partial charge in [-0.2, -0.15) is 0 Å². The minimum Gasteiger partial charge on any atom is -0.492 e. The van der Waals surface area contributed by atoms with Gasteiger partial charge in [0.1, 0.15) is 12.4 Å². The number of piperidine rings is 1. The van der Waals surface area contributed by atoms with Crippen LogP contribution < -0.4 is 4.74 Å². The summed E-state index contributed by atoms with van der Waals surface area (Å²) in [7, 11) is 0. The Morgan fingerprint density at radius 1 is 1.21 bits per heavy atom. The van der Waals surface area contributed by atoms with E-state index >= 15 is 0 Å². The second kappa shape index (κ2) is 6.37. The van der Waals surface area contributed by atoms with Crippen LogP contribution in [0.4, 0.5) is 0 Å². The zero-order valence-corrected chi connectivity index (χ0v) is 14.1. The van der Waals surface area contributed by atoms with Crippen molar-refractivity contribution in [3.63, 3.8) is 0 Å². The highest BCUT2D eigenvalue weighted by Crippen LogP contribution is 2.46. The van der Waals surface area contributed by atoms with Gasteiger partial charge < -0.3 is 14.7 Å². The van der Waals surface area contributed by atoms with Crippen LogP contribution in [0.5, 0.6) is 5.75 Å². The maximum absolute atomic E-state index is 12.6. The SMILES string of the molecule is O=C(CN1CCOc2ccccc2C1)N1CCC(C2(O)CC2)CC1. The predicted molar refractivity (Wildman–Crippen MR) is 90.7 cm³/mol. The van der Waals surface area contributed by atoms with Gasteiger partial charge in [-0.25, -0.2) is 0 Å². The first-order valence-electron chi connectivity index (χ1n) is 9.07. The average molecular weight is 330 g/mol. The topological polar surface area (TPSA) is 53.0 Å². The van der Waals surface area contributed by atoms with Gasteiger partial charge in [0, 0.05) is 31.7 Å². The number of aliphatic hydroxyl groups is 1. The van der Waals surface area contributed by atoms with E-state index in [9.17, 15) is 9.90 Å². The lowest BCUT2D eigenvalue weighted by Gasteiger charge is -2.35. The van der Waals surface area contributed by atoms with Crippen molar-refractivity contribution in [1.29, 1.82) is 0 Å². The molecule has 1 aromatic rings. The number of likely N-dealkylation sites (tertiary alicyclic amines) is 1. The van der Waals surface area contributed by atoms with Crippen LogP contribution in [0.25, 0.3) is 0 Å². The summed E-state index contributed by atoms with van der Waals surface area (Å²) in [6, 6.07) is 8.06. The van der Waals surface area contributed by atoms with Gasteiger partial charge in [0.15, 0.2) is 0 Å². The van der Waals surface area contributed by atoms with Crippen molar-refractivity contribution in [3.05, 3.63) is 29.8 Å². The lowest BCUT2D eigenvalue weighted by molar-refractivity contribution is -0.134. The third-order valence-electron chi connectivity index (χ3n) is 5.76. The number of amides is 1. The molecule has 1 saturated carbocycles. The first-order valence-corrected chi connectivity index (χ1v) is 9.07. The van der Waals surface area contributed by atoms with E-state index in [0.717, 1.165) is 63.2 Å². The van der Waals surface area contributed by atoms with Crippen LogP contribution in [-0.2, 0) is 11.3 Å². The fourth-order valence-corrected chi connectivity index (χ4v) is 4.01. The predicted octanol–water partition coefficient (Wildman–Crippen LogP) is 1.64. The van der Waals surface area contributed by atoms with Crippen molar-refractivity contribution in [2.45, 2.75) is 37.8 Å². The number of benzene rings is 1. The minimum absolute atomic E-state index is 0.204. The molecule has 5 nitrogen and oxygen atoms in total. The molecule has 0 bridgehead atoms. The third kappa shape index (κ3) is 3.28. The average Bonchev–Trinajstić information content (AvgIpc) is 3.38. The molecule has 4 rings (SSSR count). The number of rotatable bonds is 3. The summed E-state index contributed by atoms with van der Waals surface area (Å²) in [5.74, 6) is 1.53. The fraction of sp³-hybridized carbons (Fsp3) is 0.632. The highest BCUT2D eigenvalue weighted by molar-refractivity contribution is 5.78. The van der Waals surface area contributed by atoms with E-state index in [2.05, 4.69) is 11.0 Å². The van der Waals surface area contributed by atoms with Gasteiger partial charge in [-0.1, -0.05) is 18.2 Å². The molecule has 1 N–H and O–H groups in total. The first kappa shape index (κ1) is 15.9. The van der Waals surface area contributed by atoms with Crippen molar-refractivity contribution in [2.75, 3.05) is 32.8 Å². The van der Waals surface area contributed by atoms with Crippen molar-refractivity contribution in [1.82, 2.24) is 9.80 Å². The lowest BCUT2D eigenvalue weighted by Crippen LogP contribution is -2.46. The number of carbonyl (C=O) groups is 1. The quantitative estimate of drug-likeness (QED) is 0.915. The molecule has 1 amide bonds. The Labute approximate surface area is 143 Å². The molecule has 1 saturated heterocycles. The summed E-state index contributed by atoms with van der Waals surface area (Å²) in [6.07, 6.45) is 3.76. The van der Waals surface area contributed by atoms with Gasteiger partial charge in [-0.3, -0.25) is 9.69 Å². The number of hydrogen-bond donors (Lipinski definition) is 1. The Hall–Kier alpha value is -1.59. The van der Waals surface area contributed by atoms with Gasteiger partial charge in [0.05, 0.1) is 12.1 Å². The summed E-state index contributed by atoms with van der Waals surface area (Å²) < 4.78 is 5.77. The molecule has 2 heterocycles. The highest BCUT2D eigenvalue weighted by Gasteiger charge is 2.48. The number of nitrogens with zero attached hydrogens (tertiary/aromatic N) is 2. The van der Waals surface area contributed by atoms with Crippen molar-refractivity contribution in [2.24, 2.45) is 5.92 Å². The zero-order chi connectivity index (χ0) is 16.6. The largest absolute Gasteiger partial charge is 0.492 e. The van der Waals surface area contributed by atoms with Crippen LogP contribution in [0.3, 0.4) is 0 Å². The molecule has 130 valence electrons. The van der Waals surface area contributed by atoms with E-state index in [1.807, 2.05) is 23.1 Å². The number of fused-ring (bicyclic) bond motifs is 1. The van der Waals surface area contributed by atoms with E-state index in [1.54, 1.807) is 0 Å². The fourth-order valence-electron chi connectivity index (χ4n) is 4.01. The molecule has 0 unspecified atom stereocenters. The minimum atomic E-state index is -0.402. The smallest absolute Gasteiger partial charge is 0.236 e. The highest BCUT2D eigenvalue weighted by atomic mass is 16.5. The standard InChI is InChI=1S/C19H26N2O3/c22-18(21-9-5-16(6-10-21)19(23)7-8-19)14-20-11-12-24-17-4-2-1-3-15(17)13-20/h1-4,16,23H,5-14H2. The van der Waals surface area contributed by atoms with Crippen molar-refractivity contribution >= 4 is 5.91 Å². The van der Waals surface area contributed by atoms with E-state index in [4.69, 9.17) is 4.74 Å². The Kier molecular flexibility index (Phi) is 4.22. The molecule has 5 heteroatoms. The van der Waals surface area contributed by atoms with Crippen LogP contribution >= 0.6 is 0 Å². The number of ether oxygens (including phenoxy) is 1. The molecular formula is C19H26N2O3. The van der Waals surface area contributed by atoms with E-state index in [-0.39, 0.29) is 5.91 Å². The molecule has 24 heavy (non-hydrogen) atoms. The second-order valence-electron chi connectivity index (χ2n) is 7.43. The Bertz CT molecular complexity index is 606. The Balaban J connectivity index is 1.32. The second-order valence-corrected chi connectivity index (χ2v) is 7.43. The summed E-state index contributed by atoms with van der Waals surface area (Å²) in [5.41, 5.74) is 0.749. The van der Waals surface area contributed by atoms with Crippen LogP contribution in [-0.4, -0.2) is 59.2 Å². The molecule has 0 spiro atoms. The zero-order valence-electron chi connectivity index (χ0n) is 14.1. The maximum Gasteiger partial charge on any atom is 0.236 e. The number of para-hydroxylation sites is 1. The van der Waals surface area contributed by atoms with E-state index in [1.165, 1.54) is 0 Å². The summed E-state index contributed by atoms with van der Waals surface area (Å²) in [6.45, 7) is 4.18. The van der Waals surface area contributed by atoms with Gasteiger partial charge in [-0.15, -0.1) is 0 Å². The molecule has 0 radical (unpaired) electrons. The molecule has 1 aromatic carbocycles. The number of carbonyl (C=O) groups excluding carboxylic acids is 1. The molecule has 3 aliphatic rings. The Morgan fingerprint density at radius 2 is 1.96 bits per heavy atom. The molecule has 2 fully saturated rings. The van der Waals surface area contributed by atoms with Crippen LogP contribution in [0.2, 0.25) is 0 Å². The van der Waals surface area contributed by atoms with Crippen molar-refractivity contribution < 1.29 is 14.6 Å². The molecule has 1 aliphatic carbocycles. The normalized spacial score (nSPS) is 24.0. The lowest BCUT2D eigenvalue weighted by atomic mass is 9.89. The molecule has 0 atom stereocenters. The number of hydrogen-bond acceptors (Lipinski definition) is 4. The summed E-state index contributed by atoms with van der Waals surface area (Å²) >= 11 is 0. The van der Waals surface area contributed by atoms with Gasteiger partial charge >= 0.3 is 0 Å². The van der Waals surface area contributed by atoms with Crippen LogP contribution in [0, 0.1) is 5.92 Å². The molecule has 2 aliphatic heterocycles. The maximum atomic E-state index is 12.6. The van der Waals surface area contributed by atoms with Gasteiger partial charge in [0.25, 0.3) is 0 Å². The van der Waals surface area contributed by atoms with Gasteiger partial charge in [-0.05, 0) is 37.7 Å². The van der Waals surface area contributed by atoms with E-state index < -0.39 is 5.60 Å². The third-order valence-corrected chi connectivity index (χ3v) is 5.76. The van der Waals surface area contributed by atoms with Crippen LogP contribution in [0.15, 0.2) is 24.3 Å². The van der Waals surface area contributed by atoms with Gasteiger partial charge in [0.2, 0.25) is 5.91 Å². The monoisotopic (exact) mass is 330 g/mol. The first-order chi connectivity index (χ1) is 11.6. The van der Waals surface area contributed by atoms with Crippen molar-refractivity contribution in [3.8, 4) is 5.75 Å².